The molecule has 2 amide bonds. The lowest BCUT2D eigenvalue weighted by atomic mass is 10.1. The van der Waals surface area contributed by atoms with Gasteiger partial charge in [0.2, 0.25) is 0 Å². The van der Waals surface area contributed by atoms with E-state index < -0.39 is 24.6 Å². The van der Waals surface area contributed by atoms with Crippen molar-refractivity contribution in [1.29, 1.82) is 0 Å². The molecule has 0 spiro atoms. The van der Waals surface area contributed by atoms with Crippen LogP contribution in [0.5, 0.6) is 0 Å². The molecule has 0 aliphatic heterocycles. The van der Waals surface area contributed by atoms with Gasteiger partial charge in [0.05, 0.1) is 24.5 Å². The maximum absolute atomic E-state index is 13.5. The quantitative estimate of drug-likeness (QED) is 0.695. The van der Waals surface area contributed by atoms with Gasteiger partial charge in [-0.2, -0.15) is 0 Å². The van der Waals surface area contributed by atoms with E-state index in [0.717, 1.165) is 17.6 Å². The van der Waals surface area contributed by atoms with Gasteiger partial charge in [0.15, 0.2) is 0 Å². The summed E-state index contributed by atoms with van der Waals surface area (Å²) in [6.45, 7) is 1.43. The second-order valence-corrected chi connectivity index (χ2v) is 5.95. The van der Waals surface area contributed by atoms with Crippen molar-refractivity contribution in [2.75, 3.05) is 12.0 Å². The fourth-order valence-corrected chi connectivity index (χ4v) is 2.69. The summed E-state index contributed by atoms with van der Waals surface area (Å²) in [5, 5.41) is 5.33. The standard InChI is InChI=1S/C19H19F2N5O/c1-13-22-8-9-26(13)18(10-20)14-2-5-16(6-3-14)25-19(27)24-12-17-7-4-15(21)11-23-17/h2-9,11,18H,10,12H2,1H3,(H2,24,25,27)/t18-/m1/s1. The Kier molecular flexibility index (Phi) is 5.75. The Labute approximate surface area is 155 Å². The Morgan fingerprint density at radius 3 is 2.56 bits per heavy atom. The van der Waals surface area contributed by atoms with Gasteiger partial charge in [-0.1, -0.05) is 12.1 Å². The summed E-state index contributed by atoms with van der Waals surface area (Å²) < 4.78 is 28.1. The predicted molar refractivity (Wildman–Crippen MR) is 97.6 cm³/mol. The first-order chi connectivity index (χ1) is 13.1. The smallest absolute Gasteiger partial charge is 0.319 e. The van der Waals surface area contributed by atoms with E-state index >= 15 is 0 Å². The van der Waals surface area contributed by atoms with Crippen molar-refractivity contribution in [2.24, 2.45) is 0 Å². The molecule has 0 aliphatic carbocycles. The van der Waals surface area contributed by atoms with Crippen molar-refractivity contribution in [3.63, 3.8) is 0 Å². The van der Waals surface area contributed by atoms with Crippen molar-refractivity contribution in [1.82, 2.24) is 19.9 Å². The maximum atomic E-state index is 13.5. The minimum atomic E-state index is -0.560. The zero-order chi connectivity index (χ0) is 19.2. The third kappa shape index (κ3) is 4.66. The Morgan fingerprint density at radius 1 is 1.19 bits per heavy atom. The molecule has 27 heavy (non-hydrogen) atoms. The molecule has 0 saturated heterocycles. The molecule has 0 aliphatic rings. The molecule has 3 rings (SSSR count). The molecule has 2 heterocycles. The number of rotatable bonds is 6. The third-order valence-corrected chi connectivity index (χ3v) is 4.12. The van der Waals surface area contributed by atoms with E-state index in [9.17, 15) is 13.6 Å². The van der Waals surface area contributed by atoms with Gasteiger partial charge < -0.3 is 15.2 Å². The van der Waals surface area contributed by atoms with Crippen LogP contribution in [0.4, 0.5) is 19.3 Å². The molecule has 3 aromatic rings. The highest BCUT2D eigenvalue weighted by atomic mass is 19.1. The van der Waals surface area contributed by atoms with Gasteiger partial charge in [-0.05, 0) is 36.8 Å². The minimum absolute atomic E-state index is 0.175. The SMILES string of the molecule is Cc1nccn1[C@H](CF)c1ccc(NC(=O)NCc2ccc(F)cn2)cc1. The number of hydrogen-bond acceptors (Lipinski definition) is 3. The van der Waals surface area contributed by atoms with Crippen molar-refractivity contribution in [3.05, 3.63) is 77.9 Å². The first-order valence-electron chi connectivity index (χ1n) is 8.37. The highest BCUT2D eigenvalue weighted by molar-refractivity contribution is 5.89. The number of carbonyl (C=O) groups is 1. The van der Waals surface area contributed by atoms with E-state index in [2.05, 4.69) is 20.6 Å². The number of amides is 2. The van der Waals surface area contributed by atoms with Crippen LogP contribution in [0.2, 0.25) is 0 Å². The zero-order valence-corrected chi connectivity index (χ0v) is 14.7. The number of nitrogens with zero attached hydrogens (tertiary/aromatic N) is 3. The Morgan fingerprint density at radius 2 is 1.96 bits per heavy atom. The van der Waals surface area contributed by atoms with Crippen LogP contribution in [0.25, 0.3) is 0 Å². The lowest BCUT2D eigenvalue weighted by Gasteiger charge is -2.17. The van der Waals surface area contributed by atoms with E-state index in [1.807, 2.05) is 6.92 Å². The van der Waals surface area contributed by atoms with E-state index in [1.54, 1.807) is 41.2 Å². The number of anilines is 1. The summed E-state index contributed by atoms with van der Waals surface area (Å²) in [7, 11) is 0. The molecule has 0 bridgehead atoms. The normalized spacial score (nSPS) is 11.8. The molecule has 2 N–H and O–H groups in total. The Balaban J connectivity index is 1.59. The summed E-state index contributed by atoms with van der Waals surface area (Å²) >= 11 is 0. The number of nitrogens with one attached hydrogen (secondary N) is 2. The number of halogens is 2. The number of alkyl halides is 1. The topological polar surface area (TPSA) is 71.8 Å². The predicted octanol–water partition coefficient (Wildman–Crippen LogP) is 3.61. The number of aromatic nitrogens is 3. The molecule has 140 valence electrons. The molecule has 0 fully saturated rings. The van der Waals surface area contributed by atoms with Gasteiger partial charge in [-0.3, -0.25) is 4.98 Å². The van der Waals surface area contributed by atoms with Gasteiger partial charge in [-0.25, -0.2) is 18.6 Å². The van der Waals surface area contributed by atoms with Gasteiger partial charge in [0.1, 0.15) is 18.3 Å². The van der Waals surface area contributed by atoms with Gasteiger partial charge in [0, 0.05) is 18.1 Å². The van der Waals surface area contributed by atoms with E-state index in [4.69, 9.17) is 0 Å². The molecule has 0 radical (unpaired) electrons. The molecular formula is C19H19F2N5O. The highest BCUT2D eigenvalue weighted by Crippen LogP contribution is 2.22. The van der Waals surface area contributed by atoms with Crippen LogP contribution in [0.3, 0.4) is 0 Å². The Bertz CT molecular complexity index is 893. The number of hydrogen-bond donors (Lipinski definition) is 2. The lowest BCUT2D eigenvalue weighted by molar-refractivity contribution is 0.251. The Hall–Kier alpha value is -3.29. The average molecular weight is 371 g/mol. The largest absolute Gasteiger partial charge is 0.332 e. The van der Waals surface area contributed by atoms with E-state index in [-0.39, 0.29) is 6.54 Å². The minimum Gasteiger partial charge on any atom is -0.332 e. The molecular weight excluding hydrogens is 352 g/mol. The van der Waals surface area contributed by atoms with Crippen LogP contribution in [0, 0.1) is 12.7 Å². The van der Waals surface area contributed by atoms with Gasteiger partial charge in [0.25, 0.3) is 0 Å². The summed E-state index contributed by atoms with van der Waals surface area (Å²) in [5.74, 6) is 0.300. The first kappa shape index (κ1) is 18.5. The van der Waals surface area contributed by atoms with Crippen LogP contribution in [-0.2, 0) is 6.54 Å². The molecule has 2 aromatic heterocycles. The molecule has 0 saturated carbocycles. The van der Waals surface area contributed by atoms with Gasteiger partial charge in [-0.15, -0.1) is 0 Å². The number of urea groups is 1. The fourth-order valence-electron chi connectivity index (χ4n) is 2.69. The van der Waals surface area contributed by atoms with Gasteiger partial charge >= 0.3 is 6.03 Å². The van der Waals surface area contributed by atoms with Crippen molar-refractivity contribution < 1.29 is 13.6 Å². The average Bonchev–Trinajstić information content (AvgIpc) is 3.09. The van der Waals surface area contributed by atoms with Crippen LogP contribution < -0.4 is 10.6 Å². The number of benzene rings is 1. The third-order valence-electron chi connectivity index (χ3n) is 4.12. The highest BCUT2D eigenvalue weighted by Gasteiger charge is 2.15. The van der Waals surface area contributed by atoms with Crippen molar-refractivity contribution >= 4 is 11.7 Å². The number of carbonyl (C=O) groups excluding carboxylic acids is 1. The second-order valence-electron chi connectivity index (χ2n) is 5.95. The molecule has 1 aromatic carbocycles. The number of aryl methyl sites for hydroxylation is 1. The second kappa shape index (κ2) is 8.39. The summed E-state index contributed by atoms with van der Waals surface area (Å²) in [5.41, 5.74) is 1.90. The van der Waals surface area contributed by atoms with Crippen LogP contribution in [0.1, 0.15) is 23.1 Å². The number of imidazole rings is 1. The monoisotopic (exact) mass is 371 g/mol. The molecule has 6 nitrogen and oxygen atoms in total. The van der Waals surface area contributed by atoms with Crippen molar-refractivity contribution in [3.8, 4) is 0 Å². The van der Waals surface area contributed by atoms with Crippen LogP contribution >= 0.6 is 0 Å². The van der Waals surface area contributed by atoms with E-state index in [0.29, 0.717) is 11.4 Å². The molecule has 0 unspecified atom stereocenters. The molecule has 8 heteroatoms. The summed E-state index contributed by atoms with van der Waals surface area (Å²) in [4.78, 5) is 20.0. The fraction of sp³-hybridized carbons (Fsp3) is 0.211. The number of pyridine rings is 1. The van der Waals surface area contributed by atoms with E-state index in [1.165, 1.54) is 12.1 Å². The summed E-state index contributed by atoms with van der Waals surface area (Å²) in [6.07, 6.45) is 4.47. The first-order valence-corrected chi connectivity index (χ1v) is 8.37. The van der Waals surface area contributed by atoms with Crippen LogP contribution in [0.15, 0.2) is 55.0 Å². The van der Waals surface area contributed by atoms with Crippen LogP contribution in [-0.4, -0.2) is 27.2 Å². The lowest BCUT2D eigenvalue weighted by Crippen LogP contribution is -2.28. The summed E-state index contributed by atoms with van der Waals surface area (Å²) in [6, 6.07) is 8.85. The van der Waals surface area contributed by atoms with Crippen molar-refractivity contribution in [2.45, 2.75) is 19.5 Å². The molecule has 1 atom stereocenters. The zero-order valence-electron chi connectivity index (χ0n) is 14.7. The maximum Gasteiger partial charge on any atom is 0.319 e.